The Balaban J connectivity index is 1.81. The summed E-state index contributed by atoms with van der Waals surface area (Å²) in [7, 11) is 1.67. The number of benzene rings is 1. The van der Waals surface area contributed by atoms with Crippen LogP contribution in [-0.4, -0.2) is 31.3 Å². The van der Waals surface area contributed by atoms with E-state index >= 15 is 0 Å². The number of nitrogens with one attached hydrogen (secondary N) is 1. The van der Waals surface area contributed by atoms with Crippen LogP contribution >= 0.6 is 11.6 Å². The first kappa shape index (κ1) is 16.5. The number of hydrogen-bond donors (Lipinski definition) is 1. The molecule has 1 amide bonds. The van der Waals surface area contributed by atoms with E-state index in [-0.39, 0.29) is 12.3 Å². The molecule has 2 aromatic rings. The molecule has 1 heterocycles. The van der Waals surface area contributed by atoms with Gasteiger partial charge in [0.05, 0.1) is 12.1 Å². The summed E-state index contributed by atoms with van der Waals surface area (Å²) in [6.07, 6.45) is 2.04. The quantitative estimate of drug-likeness (QED) is 0.759. The molecule has 0 unspecified atom stereocenters. The maximum absolute atomic E-state index is 11.8. The average Bonchev–Trinajstić information content (AvgIpc) is 2.96. The van der Waals surface area contributed by atoms with Crippen LogP contribution in [0.1, 0.15) is 18.5 Å². The molecule has 0 fully saturated rings. The summed E-state index contributed by atoms with van der Waals surface area (Å²) in [4.78, 5) is 11.8. The minimum Gasteiger partial charge on any atom is -0.385 e. The molecule has 22 heavy (non-hydrogen) atoms. The van der Waals surface area contributed by atoms with Crippen molar-refractivity contribution < 1.29 is 14.1 Å². The SMILES string of the molecule is COCCCCNC(=O)Cc1cc(-c2ccc(Cl)cc2)on1. The third-order valence-corrected chi connectivity index (χ3v) is 3.38. The number of unbranched alkanes of at least 4 members (excludes halogenated alkanes) is 1. The highest BCUT2D eigenvalue weighted by Crippen LogP contribution is 2.22. The van der Waals surface area contributed by atoms with Gasteiger partial charge in [-0.1, -0.05) is 16.8 Å². The normalized spacial score (nSPS) is 10.6. The van der Waals surface area contributed by atoms with Crippen molar-refractivity contribution in [1.29, 1.82) is 0 Å². The summed E-state index contributed by atoms with van der Waals surface area (Å²) >= 11 is 5.85. The highest BCUT2D eigenvalue weighted by atomic mass is 35.5. The molecule has 0 bridgehead atoms. The standard InChI is InChI=1S/C16H19ClN2O3/c1-21-9-3-2-8-18-16(20)11-14-10-15(22-19-14)12-4-6-13(17)7-5-12/h4-7,10H,2-3,8-9,11H2,1H3,(H,18,20). The minimum atomic E-state index is -0.0617. The number of halogens is 1. The van der Waals surface area contributed by atoms with E-state index in [0.717, 1.165) is 18.4 Å². The van der Waals surface area contributed by atoms with Gasteiger partial charge in [0.1, 0.15) is 0 Å². The van der Waals surface area contributed by atoms with Gasteiger partial charge < -0.3 is 14.6 Å². The molecule has 0 spiro atoms. The minimum absolute atomic E-state index is 0.0617. The van der Waals surface area contributed by atoms with Crippen LogP contribution in [0.15, 0.2) is 34.9 Å². The van der Waals surface area contributed by atoms with Gasteiger partial charge in [-0.2, -0.15) is 0 Å². The number of ether oxygens (including phenoxy) is 1. The number of rotatable bonds is 8. The molecule has 0 aliphatic heterocycles. The van der Waals surface area contributed by atoms with Crippen LogP contribution in [0.5, 0.6) is 0 Å². The van der Waals surface area contributed by atoms with E-state index < -0.39 is 0 Å². The van der Waals surface area contributed by atoms with Crippen molar-refractivity contribution in [2.24, 2.45) is 0 Å². The summed E-state index contributed by atoms with van der Waals surface area (Å²) in [5, 5.41) is 7.44. The van der Waals surface area contributed by atoms with E-state index in [1.54, 1.807) is 25.3 Å². The number of methoxy groups -OCH3 is 1. The van der Waals surface area contributed by atoms with Gasteiger partial charge in [-0.15, -0.1) is 0 Å². The molecule has 0 atom stereocenters. The second-order valence-corrected chi connectivity index (χ2v) is 5.35. The zero-order valence-corrected chi connectivity index (χ0v) is 13.2. The van der Waals surface area contributed by atoms with E-state index in [4.69, 9.17) is 20.9 Å². The predicted molar refractivity (Wildman–Crippen MR) is 84.8 cm³/mol. The van der Waals surface area contributed by atoms with E-state index in [0.29, 0.717) is 29.6 Å². The van der Waals surface area contributed by atoms with Crippen LogP contribution in [0.3, 0.4) is 0 Å². The first-order valence-corrected chi connectivity index (χ1v) is 7.54. The highest BCUT2D eigenvalue weighted by molar-refractivity contribution is 6.30. The number of amides is 1. The zero-order valence-electron chi connectivity index (χ0n) is 12.5. The Morgan fingerprint density at radius 2 is 2.09 bits per heavy atom. The largest absolute Gasteiger partial charge is 0.385 e. The summed E-state index contributed by atoms with van der Waals surface area (Å²) in [5.41, 5.74) is 1.49. The molecular formula is C16H19ClN2O3. The first-order chi connectivity index (χ1) is 10.7. The van der Waals surface area contributed by atoms with E-state index in [9.17, 15) is 4.79 Å². The van der Waals surface area contributed by atoms with Crippen molar-refractivity contribution in [3.05, 3.63) is 41.0 Å². The van der Waals surface area contributed by atoms with Crippen LogP contribution in [0.25, 0.3) is 11.3 Å². The molecule has 118 valence electrons. The molecule has 0 aliphatic carbocycles. The number of carbonyl (C=O) groups is 1. The van der Waals surface area contributed by atoms with Crippen molar-refractivity contribution in [2.45, 2.75) is 19.3 Å². The van der Waals surface area contributed by atoms with Gasteiger partial charge in [0, 0.05) is 36.9 Å². The monoisotopic (exact) mass is 322 g/mol. The van der Waals surface area contributed by atoms with Crippen molar-refractivity contribution in [3.63, 3.8) is 0 Å². The Kier molecular flexibility index (Phi) is 6.43. The first-order valence-electron chi connectivity index (χ1n) is 7.16. The van der Waals surface area contributed by atoms with E-state index in [2.05, 4.69) is 10.5 Å². The van der Waals surface area contributed by atoms with Crippen molar-refractivity contribution >= 4 is 17.5 Å². The van der Waals surface area contributed by atoms with Crippen molar-refractivity contribution in [3.8, 4) is 11.3 Å². The van der Waals surface area contributed by atoms with Gasteiger partial charge >= 0.3 is 0 Å². The second kappa shape index (κ2) is 8.56. The lowest BCUT2D eigenvalue weighted by atomic mass is 10.1. The van der Waals surface area contributed by atoms with Crippen LogP contribution in [0, 0.1) is 0 Å². The highest BCUT2D eigenvalue weighted by Gasteiger charge is 2.10. The summed E-state index contributed by atoms with van der Waals surface area (Å²) in [6.45, 7) is 1.35. The third-order valence-electron chi connectivity index (χ3n) is 3.13. The number of hydrogen-bond acceptors (Lipinski definition) is 4. The molecule has 1 aromatic heterocycles. The molecule has 2 rings (SSSR count). The van der Waals surface area contributed by atoms with Crippen LogP contribution < -0.4 is 5.32 Å². The maximum Gasteiger partial charge on any atom is 0.226 e. The van der Waals surface area contributed by atoms with Gasteiger partial charge in [-0.3, -0.25) is 4.79 Å². The Hall–Kier alpha value is -1.85. The molecule has 1 N–H and O–H groups in total. The fraction of sp³-hybridized carbons (Fsp3) is 0.375. The summed E-state index contributed by atoms with van der Waals surface area (Å²) < 4.78 is 10.2. The molecule has 1 aromatic carbocycles. The fourth-order valence-electron chi connectivity index (χ4n) is 1.97. The van der Waals surface area contributed by atoms with E-state index in [1.807, 2.05) is 12.1 Å². The maximum atomic E-state index is 11.8. The molecular weight excluding hydrogens is 304 g/mol. The molecule has 0 aliphatic rings. The number of nitrogens with zero attached hydrogens (tertiary/aromatic N) is 1. The molecule has 6 heteroatoms. The van der Waals surface area contributed by atoms with Gasteiger partial charge in [-0.25, -0.2) is 0 Å². The lowest BCUT2D eigenvalue weighted by molar-refractivity contribution is -0.120. The van der Waals surface area contributed by atoms with Crippen LogP contribution in [0.4, 0.5) is 0 Å². The Bertz CT molecular complexity index is 596. The van der Waals surface area contributed by atoms with E-state index in [1.165, 1.54) is 0 Å². The fourth-order valence-corrected chi connectivity index (χ4v) is 2.10. The Morgan fingerprint density at radius 1 is 1.32 bits per heavy atom. The van der Waals surface area contributed by atoms with Crippen molar-refractivity contribution in [1.82, 2.24) is 10.5 Å². The predicted octanol–water partition coefficient (Wildman–Crippen LogP) is 3.08. The molecule has 5 nitrogen and oxygen atoms in total. The molecule has 0 saturated heterocycles. The van der Waals surface area contributed by atoms with Crippen molar-refractivity contribution in [2.75, 3.05) is 20.3 Å². The zero-order chi connectivity index (χ0) is 15.8. The Morgan fingerprint density at radius 3 is 2.82 bits per heavy atom. The number of aromatic nitrogens is 1. The van der Waals surface area contributed by atoms with Gasteiger partial charge in [0.25, 0.3) is 0 Å². The molecule has 0 radical (unpaired) electrons. The van der Waals surface area contributed by atoms with Gasteiger partial charge in [-0.05, 0) is 37.1 Å². The number of carbonyl (C=O) groups excluding carboxylic acids is 1. The average molecular weight is 323 g/mol. The smallest absolute Gasteiger partial charge is 0.226 e. The lowest BCUT2D eigenvalue weighted by Gasteiger charge is -2.03. The molecule has 0 saturated carbocycles. The van der Waals surface area contributed by atoms with Crippen LogP contribution in [0.2, 0.25) is 5.02 Å². The lowest BCUT2D eigenvalue weighted by Crippen LogP contribution is -2.26. The van der Waals surface area contributed by atoms with Gasteiger partial charge in [0.15, 0.2) is 5.76 Å². The topological polar surface area (TPSA) is 64.4 Å². The Labute approximate surface area is 134 Å². The second-order valence-electron chi connectivity index (χ2n) is 4.92. The summed E-state index contributed by atoms with van der Waals surface area (Å²) in [5.74, 6) is 0.563. The summed E-state index contributed by atoms with van der Waals surface area (Å²) in [6, 6.07) is 9.04. The van der Waals surface area contributed by atoms with Gasteiger partial charge in [0.2, 0.25) is 5.91 Å². The third kappa shape index (κ3) is 5.16. The van der Waals surface area contributed by atoms with Crippen LogP contribution in [-0.2, 0) is 16.0 Å².